The van der Waals surface area contributed by atoms with Crippen molar-refractivity contribution in [2.24, 2.45) is 0 Å². The lowest BCUT2D eigenvalue weighted by Crippen LogP contribution is -2.00. The molecule has 5 rings (SSSR count). The predicted octanol–water partition coefficient (Wildman–Crippen LogP) is 6.32. The van der Waals surface area contributed by atoms with Gasteiger partial charge < -0.3 is 0 Å². The van der Waals surface area contributed by atoms with Crippen molar-refractivity contribution in [3.05, 3.63) is 86.6 Å². The molecule has 0 unspecified atom stereocenters. The zero-order valence-corrected chi connectivity index (χ0v) is 18.7. The summed E-state index contributed by atoms with van der Waals surface area (Å²) in [5, 5.41) is 15.0. The van der Waals surface area contributed by atoms with E-state index in [4.69, 9.17) is 51.4 Å². The minimum atomic E-state index is 0.344. The molecule has 10 heteroatoms. The van der Waals surface area contributed by atoms with Crippen LogP contribution in [0.1, 0.15) is 5.56 Å². The summed E-state index contributed by atoms with van der Waals surface area (Å²) in [6.45, 7) is 0.477. The highest BCUT2D eigenvalue weighted by Gasteiger charge is 2.20. The van der Waals surface area contributed by atoms with Gasteiger partial charge in [-0.1, -0.05) is 69.8 Å². The van der Waals surface area contributed by atoms with Crippen LogP contribution in [0.25, 0.3) is 28.3 Å². The van der Waals surface area contributed by atoms with E-state index in [9.17, 15) is 0 Å². The van der Waals surface area contributed by atoms with E-state index < -0.39 is 0 Å². The zero-order valence-electron chi connectivity index (χ0n) is 15.7. The number of hydrogen-bond acceptors (Lipinski definition) is 4. The lowest BCUT2D eigenvalue weighted by atomic mass is 10.1. The fourth-order valence-corrected chi connectivity index (χ4v) is 3.84. The van der Waals surface area contributed by atoms with E-state index in [1.54, 1.807) is 33.5 Å². The maximum atomic E-state index is 6.15. The van der Waals surface area contributed by atoms with Gasteiger partial charge in [-0.3, -0.25) is 0 Å². The van der Waals surface area contributed by atoms with Gasteiger partial charge >= 0.3 is 0 Å². The molecule has 6 nitrogen and oxygen atoms in total. The average Bonchev–Trinajstić information content (AvgIpc) is 3.35. The third-order valence-electron chi connectivity index (χ3n) is 4.67. The molecule has 0 fully saturated rings. The van der Waals surface area contributed by atoms with Crippen molar-refractivity contribution >= 4 is 52.1 Å². The van der Waals surface area contributed by atoms with Crippen LogP contribution in [0, 0.1) is 0 Å². The summed E-state index contributed by atoms with van der Waals surface area (Å²) in [4.78, 5) is 4.73. The number of hydrogen-bond donors (Lipinski definition) is 0. The van der Waals surface area contributed by atoms with Gasteiger partial charge in [-0.15, -0.1) is 5.10 Å². The Morgan fingerprint density at radius 1 is 0.839 bits per heavy atom. The molecular formula is C21H12Cl4N6. The zero-order chi connectivity index (χ0) is 21.5. The molecule has 0 atom stereocenters. The monoisotopic (exact) mass is 488 g/mol. The second-order valence-corrected chi connectivity index (χ2v) is 8.43. The van der Waals surface area contributed by atoms with Crippen molar-refractivity contribution in [1.82, 2.24) is 29.6 Å². The summed E-state index contributed by atoms with van der Waals surface area (Å²) < 4.78 is 3.38. The topological polar surface area (TPSA) is 60.9 Å². The number of fused-ring (bicyclic) bond motifs is 1. The second kappa shape index (κ2) is 8.13. The highest BCUT2D eigenvalue weighted by Crippen LogP contribution is 2.32. The molecule has 154 valence electrons. The Kier molecular flexibility index (Phi) is 5.32. The van der Waals surface area contributed by atoms with Crippen LogP contribution in [0.5, 0.6) is 0 Å². The third kappa shape index (κ3) is 4.00. The van der Waals surface area contributed by atoms with Crippen LogP contribution in [0.15, 0.2) is 60.8 Å². The Morgan fingerprint density at radius 2 is 1.65 bits per heavy atom. The Morgan fingerprint density at radius 3 is 2.42 bits per heavy atom. The first-order chi connectivity index (χ1) is 15.0. The quantitative estimate of drug-likeness (QED) is 0.296. The van der Waals surface area contributed by atoms with Gasteiger partial charge in [-0.2, -0.15) is 5.10 Å². The fraction of sp³-hybridized carbons (Fsp3) is 0.0476. The van der Waals surface area contributed by atoms with Gasteiger partial charge in [0.2, 0.25) is 0 Å². The molecule has 3 heterocycles. The molecule has 0 saturated heterocycles. The van der Waals surface area contributed by atoms with Gasteiger partial charge in [-0.25, -0.2) is 14.2 Å². The molecule has 0 aliphatic heterocycles. The maximum Gasteiger partial charge on any atom is 0.155 e. The molecule has 0 spiro atoms. The van der Waals surface area contributed by atoms with Gasteiger partial charge in [0.1, 0.15) is 22.2 Å². The molecule has 0 bridgehead atoms. The second-order valence-electron chi connectivity index (χ2n) is 6.79. The Labute approximate surface area is 197 Å². The van der Waals surface area contributed by atoms with Crippen LogP contribution in [0.3, 0.4) is 0 Å². The smallest absolute Gasteiger partial charge is 0.155 e. The van der Waals surface area contributed by atoms with E-state index in [1.165, 1.54) is 0 Å². The summed E-state index contributed by atoms with van der Waals surface area (Å²) >= 11 is 24.3. The summed E-state index contributed by atoms with van der Waals surface area (Å²) in [5.74, 6) is 0. The molecule has 0 aliphatic rings. The molecule has 5 aromatic rings. The number of benzene rings is 2. The lowest BCUT2D eigenvalue weighted by Gasteiger charge is -2.03. The first-order valence-electron chi connectivity index (χ1n) is 9.13. The van der Waals surface area contributed by atoms with Crippen molar-refractivity contribution in [2.75, 3.05) is 0 Å². The van der Waals surface area contributed by atoms with Gasteiger partial charge in [0.15, 0.2) is 5.65 Å². The van der Waals surface area contributed by atoms with Crippen LogP contribution in [-0.2, 0) is 6.54 Å². The van der Waals surface area contributed by atoms with E-state index in [2.05, 4.69) is 15.4 Å². The minimum absolute atomic E-state index is 0.344. The van der Waals surface area contributed by atoms with Gasteiger partial charge in [0.05, 0.1) is 22.8 Å². The van der Waals surface area contributed by atoms with E-state index in [1.807, 2.05) is 36.5 Å². The molecule has 0 radical (unpaired) electrons. The molecule has 0 N–H and O–H groups in total. The van der Waals surface area contributed by atoms with Crippen molar-refractivity contribution < 1.29 is 0 Å². The number of halogens is 4. The first kappa shape index (κ1) is 20.3. The van der Waals surface area contributed by atoms with Gasteiger partial charge in [-0.05, 0) is 42.0 Å². The molecule has 0 saturated carbocycles. The fourth-order valence-electron chi connectivity index (χ4n) is 3.26. The molecule has 0 amide bonds. The van der Waals surface area contributed by atoms with Crippen molar-refractivity contribution in [1.29, 1.82) is 0 Å². The highest BCUT2D eigenvalue weighted by atomic mass is 35.5. The van der Waals surface area contributed by atoms with Crippen molar-refractivity contribution in [2.45, 2.75) is 6.54 Å². The normalized spacial score (nSPS) is 11.4. The Balaban J connectivity index is 1.61. The van der Waals surface area contributed by atoms with Crippen LogP contribution in [0.2, 0.25) is 20.2 Å². The highest BCUT2D eigenvalue weighted by molar-refractivity contribution is 6.42. The first-order valence-corrected chi connectivity index (χ1v) is 10.6. The number of nitrogens with zero attached hydrogens (tertiary/aromatic N) is 6. The van der Waals surface area contributed by atoms with E-state index in [0.717, 1.165) is 11.1 Å². The number of imidazole rings is 1. The number of aromatic nitrogens is 6. The molecule has 31 heavy (non-hydrogen) atoms. The number of rotatable bonds is 4. The van der Waals surface area contributed by atoms with Crippen LogP contribution < -0.4 is 0 Å². The summed E-state index contributed by atoms with van der Waals surface area (Å²) in [6, 6.07) is 16.4. The van der Waals surface area contributed by atoms with Crippen LogP contribution in [-0.4, -0.2) is 29.6 Å². The molecule has 2 aromatic carbocycles. The summed E-state index contributed by atoms with van der Waals surface area (Å²) in [5.41, 5.74) is 4.45. The van der Waals surface area contributed by atoms with Crippen molar-refractivity contribution in [3.63, 3.8) is 0 Å². The van der Waals surface area contributed by atoms with E-state index in [-0.39, 0.29) is 0 Å². The Bertz CT molecular complexity index is 1410. The van der Waals surface area contributed by atoms with Crippen LogP contribution in [0.4, 0.5) is 0 Å². The van der Waals surface area contributed by atoms with E-state index in [0.29, 0.717) is 49.5 Å². The summed E-state index contributed by atoms with van der Waals surface area (Å²) in [7, 11) is 0. The molecule has 0 aliphatic carbocycles. The van der Waals surface area contributed by atoms with Crippen molar-refractivity contribution in [3.8, 4) is 22.6 Å². The lowest BCUT2D eigenvalue weighted by molar-refractivity contribution is 0.650. The average molecular weight is 490 g/mol. The minimum Gasteiger partial charge on any atom is -0.247 e. The standard InChI is InChI=1S/C21H12Cl4N6/c22-14-4-2-13(3-5-14)20-21(31-19(26-20)8-7-18(25)28-31)17-11-30(29-27-17)10-12-1-6-15(23)16(24)9-12/h1-9,11H,10H2. The molecule has 3 aromatic heterocycles. The molecular weight excluding hydrogens is 478 g/mol. The predicted molar refractivity (Wildman–Crippen MR) is 123 cm³/mol. The van der Waals surface area contributed by atoms with E-state index >= 15 is 0 Å². The maximum absolute atomic E-state index is 6.15. The SMILES string of the molecule is Clc1ccc(-c2nc3ccc(Cl)nn3c2-c2cn(Cc3ccc(Cl)c(Cl)c3)nn2)cc1. The van der Waals surface area contributed by atoms with Gasteiger partial charge in [0.25, 0.3) is 0 Å². The van der Waals surface area contributed by atoms with Crippen LogP contribution >= 0.6 is 46.4 Å². The third-order valence-corrected chi connectivity index (χ3v) is 5.87. The van der Waals surface area contributed by atoms with Gasteiger partial charge in [0, 0.05) is 10.6 Å². The Hall–Kier alpha value is -2.64. The largest absolute Gasteiger partial charge is 0.247 e. The summed E-state index contributed by atoms with van der Waals surface area (Å²) in [6.07, 6.45) is 1.83.